The molecule has 10 nitrogen and oxygen atoms in total. The molecule has 1 N–H and O–H groups in total. The van der Waals surface area contributed by atoms with Crippen LogP contribution in [0.2, 0.25) is 0 Å². The van der Waals surface area contributed by atoms with E-state index in [1.54, 1.807) is 26.2 Å². The number of cyclic esters (lactones) is 1. The third-order valence-electron chi connectivity index (χ3n) is 11.5. The molecule has 1 aliphatic heterocycles. The number of carbonyl (C=O) groups is 4. The van der Waals surface area contributed by atoms with Crippen LogP contribution in [0.1, 0.15) is 78.4 Å². The van der Waals surface area contributed by atoms with Crippen molar-refractivity contribution in [1.82, 2.24) is 0 Å². The molecule has 4 aliphatic carbocycles. The third kappa shape index (κ3) is 3.15. The van der Waals surface area contributed by atoms with E-state index in [0.29, 0.717) is 24.0 Å². The van der Waals surface area contributed by atoms with Crippen LogP contribution in [0.5, 0.6) is 0 Å². The van der Waals surface area contributed by atoms with Crippen molar-refractivity contribution in [3.63, 3.8) is 0 Å². The van der Waals surface area contributed by atoms with Gasteiger partial charge in [-0.2, -0.15) is 0 Å². The van der Waals surface area contributed by atoms with Crippen molar-refractivity contribution in [3.8, 4) is 0 Å². The zero-order chi connectivity index (χ0) is 29.8. The Morgan fingerprint density at radius 3 is 2.51 bits per heavy atom. The normalized spacial score (nSPS) is 44.3. The highest BCUT2D eigenvalue weighted by molar-refractivity contribution is 5.97. The molecule has 5 aliphatic rings. The second kappa shape index (κ2) is 8.77. The van der Waals surface area contributed by atoms with E-state index < -0.39 is 69.3 Å². The average Bonchev–Trinajstić information content (AvgIpc) is 3.54. The lowest BCUT2D eigenvalue weighted by molar-refractivity contribution is -0.236. The highest BCUT2D eigenvalue weighted by atomic mass is 16.6. The van der Waals surface area contributed by atoms with Gasteiger partial charge in [0.1, 0.15) is 11.7 Å². The second-order valence-electron chi connectivity index (χ2n) is 13.1. The molecule has 10 heteroatoms. The van der Waals surface area contributed by atoms with Gasteiger partial charge in [-0.05, 0) is 55.2 Å². The number of fused-ring (bicyclic) bond motifs is 5. The number of furan rings is 1. The summed E-state index contributed by atoms with van der Waals surface area (Å²) < 4.78 is 28.8. The van der Waals surface area contributed by atoms with Gasteiger partial charge in [-0.1, -0.05) is 20.8 Å². The molecule has 1 aromatic heterocycles. The van der Waals surface area contributed by atoms with Crippen molar-refractivity contribution >= 4 is 23.7 Å². The molecule has 0 aromatic carbocycles. The van der Waals surface area contributed by atoms with Crippen molar-refractivity contribution in [2.45, 2.75) is 90.1 Å². The van der Waals surface area contributed by atoms with Crippen molar-refractivity contribution < 1.29 is 47.6 Å². The van der Waals surface area contributed by atoms with Gasteiger partial charge >= 0.3 is 17.9 Å². The molecule has 6 rings (SSSR count). The first-order valence-electron chi connectivity index (χ1n) is 14.4. The molecule has 1 saturated heterocycles. The van der Waals surface area contributed by atoms with E-state index in [2.05, 4.69) is 0 Å². The largest absolute Gasteiger partial charge is 0.472 e. The van der Waals surface area contributed by atoms with Crippen LogP contribution in [0.15, 0.2) is 34.2 Å². The molecule has 3 saturated carbocycles. The Labute approximate surface area is 238 Å². The lowest BCUT2D eigenvalue weighted by Crippen LogP contribution is -2.70. The second-order valence-corrected chi connectivity index (χ2v) is 13.1. The molecule has 2 bridgehead atoms. The van der Waals surface area contributed by atoms with Crippen molar-refractivity contribution in [1.29, 1.82) is 0 Å². The standard InChI is InChI=1S/C31H38O10/c1-7-39-31-23-18(8-10-27(3)19(23)12-22(34)41-25(27)17-9-11-38-14-17)29(5)20(13-21(33)37-6)28(4,15-30(29,31)36)24(35)26(31)40-16(2)32/h9,11,14,18,20,25-26,36H,7-8,10,12-13,15H2,1-6H3/t18-,20-,25-,26-,27+,28-,29+,30+,31+/m0/s1. The first kappa shape index (κ1) is 28.2. The summed E-state index contributed by atoms with van der Waals surface area (Å²) in [5.74, 6) is -3.01. The third-order valence-corrected chi connectivity index (χ3v) is 11.5. The van der Waals surface area contributed by atoms with E-state index in [4.69, 9.17) is 23.4 Å². The molecule has 4 fully saturated rings. The zero-order valence-corrected chi connectivity index (χ0v) is 24.4. The first-order valence-corrected chi connectivity index (χ1v) is 14.4. The summed E-state index contributed by atoms with van der Waals surface area (Å²) >= 11 is 0. The lowest BCUT2D eigenvalue weighted by Gasteiger charge is -2.55. The smallest absolute Gasteiger partial charge is 0.310 e. The maximum absolute atomic E-state index is 14.6. The highest BCUT2D eigenvalue weighted by Crippen LogP contribution is 2.81. The predicted molar refractivity (Wildman–Crippen MR) is 141 cm³/mol. The fourth-order valence-corrected chi connectivity index (χ4v) is 9.91. The summed E-state index contributed by atoms with van der Waals surface area (Å²) in [6.45, 7) is 8.81. The maximum Gasteiger partial charge on any atom is 0.310 e. The van der Waals surface area contributed by atoms with Gasteiger partial charge in [0.05, 0.1) is 26.1 Å². The van der Waals surface area contributed by atoms with Crippen LogP contribution in [0.4, 0.5) is 0 Å². The van der Waals surface area contributed by atoms with Crippen molar-refractivity contribution in [2.75, 3.05) is 13.7 Å². The highest BCUT2D eigenvalue weighted by Gasteiger charge is 2.89. The van der Waals surface area contributed by atoms with Gasteiger partial charge in [0, 0.05) is 41.8 Å². The number of carbonyl (C=O) groups excluding carboxylic acids is 4. The van der Waals surface area contributed by atoms with E-state index in [9.17, 15) is 24.3 Å². The van der Waals surface area contributed by atoms with Crippen LogP contribution in [-0.2, 0) is 38.1 Å². The summed E-state index contributed by atoms with van der Waals surface area (Å²) in [6, 6.07) is 1.77. The Morgan fingerprint density at radius 2 is 1.90 bits per heavy atom. The number of hydrogen-bond donors (Lipinski definition) is 1. The minimum Gasteiger partial charge on any atom is -0.472 e. The van der Waals surface area contributed by atoms with E-state index in [-0.39, 0.29) is 31.8 Å². The Bertz CT molecular complexity index is 1360. The fraction of sp³-hybridized carbons (Fsp3) is 0.677. The van der Waals surface area contributed by atoms with E-state index in [1.165, 1.54) is 20.3 Å². The number of esters is 3. The van der Waals surface area contributed by atoms with Gasteiger partial charge in [-0.3, -0.25) is 19.2 Å². The number of hydrogen-bond acceptors (Lipinski definition) is 10. The molecule has 2 heterocycles. The SMILES string of the molecule is CCO[C@@]12C3=C4CC(=O)O[C@@H](c5ccoc5)[C@]4(C)CC[C@@H]3[C@]3(C)[C@@H](CC(=O)OC)[C@](C)(C[C@@]31O)C(=O)[C@@H]2OC(C)=O. The van der Waals surface area contributed by atoms with Crippen LogP contribution < -0.4 is 0 Å². The molecular weight excluding hydrogens is 532 g/mol. The molecule has 0 amide bonds. The van der Waals surface area contributed by atoms with Crippen molar-refractivity contribution in [3.05, 3.63) is 35.3 Å². The van der Waals surface area contributed by atoms with Crippen molar-refractivity contribution in [2.24, 2.45) is 28.1 Å². The Morgan fingerprint density at radius 1 is 1.17 bits per heavy atom. The monoisotopic (exact) mass is 570 g/mol. The summed E-state index contributed by atoms with van der Waals surface area (Å²) in [5, 5.41) is 13.1. The molecule has 1 aromatic rings. The molecule has 0 unspecified atom stereocenters. The van der Waals surface area contributed by atoms with Crippen LogP contribution >= 0.6 is 0 Å². The van der Waals surface area contributed by atoms with Crippen LogP contribution in [-0.4, -0.2) is 59.8 Å². The maximum atomic E-state index is 14.6. The van der Waals surface area contributed by atoms with E-state index in [0.717, 1.165) is 5.57 Å². The van der Waals surface area contributed by atoms with Gasteiger partial charge in [0.2, 0.25) is 0 Å². The topological polar surface area (TPSA) is 139 Å². The summed E-state index contributed by atoms with van der Waals surface area (Å²) in [5.41, 5.74) is -4.28. The number of ether oxygens (including phenoxy) is 4. The van der Waals surface area contributed by atoms with Crippen LogP contribution in [0, 0.1) is 28.1 Å². The van der Waals surface area contributed by atoms with Gasteiger partial charge in [0.25, 0.3) is 0 Å². The van der Waals surface area contributed by atoms with Gasteiger partial charge in [0.15, 0.2) is 17.5 Å². The molecular formula is C31H38O10. The number of rotatable bonds is 6. The molecule has 41 heavy (non-hydrogen) atoms. The Hall–Kier alpha value is -2.98. The van der Waals surface area contributed by atoms with Gasteiger partial charge in [-0.25, -0.2) is 0 Å². The number of Topliss-reactive ketones (excluding diaryl/α,β-unsaturated/α-hetero) is 1. The number of ketones is 1. The van der Waals surface area contributed by atoms with Crippen LogP contribution in [0.25, 0.3) is 0 Å². The Kier molecular flexibility index (Phi) is 6.02. The zero-order valence-electron chi connectivity index (χ0n) is 24.4. The number of aliphatic hydroxyl groups is 1. The quantitative estimate of drug-likeness (QED) is 0.307. The molecule has 9 atom stereocenters. The summed E-state index contributed by atoms with van der Waals surface area (Å²) in [4.78, 5) is 53.2. The van der Waals surface area contributed by atoms with Gasteiger partial charge in [-0.15, -0.1) is 0 Å². The minimum absolute atomic E-state index is 0.0222. The minimum atomic E-state index is -1.75. The van der Waals surface area contributed by atoms with E-state index >= 15 is 0 Å². The first-order chi connectivity index (χ1) is 19.3. The van der Waals surface area contributed by atoms with E-state index in [1.807, 2.05) is 13.8 Å². The summed E-state index contributed by atoms with van der Waals surface area (Å²) in [6.07, 6.45) is 2.02. The average molecular weight is 571 g/mol. The molecule has 0 radical (unpaired) electrons. The predicted octanol–water partition coefficient (Wildman–Crippen LogP) is 3.61. The fourth-order valence-electron chi connectivity index (χ4n) is 9.91. The number of methoxy groups -OCH3 is 1. The lowest BCUT2D eigenvalue weighted by atomic mass is 9.53. The molecule has 222 valence electrons. The molecule has 0 spiro atoms. The van der Waals surface area contributed by atoms with Crippen LogP contribution in [0.3, 0.4) is 0 Å². The Balaban J connectivity index is 1.69. The van der Waals surface area contributed by atoms with Gasteiger partial charge < -0.3 is 28.5 Å². The summed E-state index contributed by atoms with van der Waals surface area (Å²) in [7, 11) is 1.30.